The lowest BCUT2D eigenvalue weighted by atomic mass is 9.83. The first-order valence-corrected chi connectivity index (χ1v) is 7.71. The summed E-state index contributed by atoms with van der Waals surface area (Å²) in [6.45, 7) is 7.46. The summed E-state index contributed by atoms with van der Waals surface area (Å²) in [6.07, 6.45) is 0.712. The van der Waals surface area contributed by atoms with E-state index in [1.807, 2.05) is 31.4 Å². The Balaban J connectivity index is 1.85. The molecule has 2 bridgehead atoms. The number of fused-ring (bicyclic) bond motifs is 4. The lowest BCUT2D eigenvalue weighted by molar-refractivity contribution is 0.0102. The van der Waals surface area contributed by atoms with Crippen LogP contribution in [0.1, 0.15) is 38.8 Å². The van der Waals surface area contributed by atoms with Gasteiger partial charge in [-0.3, -0.25) is 4.79 Å². The number of pyridine rings is 1. The number of hydrogen-bond donors (Lipinski definition) is 1. The molecule has 120 valence electrons. The Hall–Kier alpha value is -1.98. The van der Waals surface area contributed by atoms with Crippen molar-refractivity contribution in [2.24, 2.45) is 5.92 Å². The zero-order valence-corrected chi connectivity index (χ0v) is 13.3. The highest BCUT2D eigenvalue weighted by molar-refractivity contribution is 5.68. The molecule has 1 amide bonds. The molecule has 1 aromatic heterocycles. The highest BCUT2D eigenvalue weighted by atomic mass is 16.6. The molecule has 6 heteroatoms. The summed E-state index contributed by atoms with van der Waals surface area (Å²) in [7, 11) is 0. The number of nitrogen functional groups attached to an aromatic ring is 1. The summed E-state index contributed by atoms with van der Waals surface area (Å²) in [5.41, 5.74) is 6.70. The maximum absolute atomic E-state index is 12.3. The van der Waals surface area contributed by atoms with Gasteiger partial charge in [0.1, 0.15) is 5.60 Å². The van der Waals surface area contributed by atoms with Crippen molar-refractivity contribution in [3.63, 3.8) is 0 Å². The van der Waals surface area contributed by atoms with Gasteiger partial charge in [-0.05, 0) is 39.2 Å². The van der Waals surface area contributed by atoms with Crippen molar-refractivity contribution in [1.29, 1.82) is 0 Å². The average Bonchev–Trinajstić information content (AvgIpc) is 2.38. The van der Waals surface area contributed by atoms with Gasteiger partial charge in [0.15, 0.2) is 0 Å². The summed E-state index contributed by atoms with van der Waals surface area (Å²) in [4.78, 5) is 26.2. The summed E-state index contributed by atoms with van der Waals surface area (Å²) in [5.74, 6) is 0.441. The first kappa shape index (κ1) is 14.9. The Kier molecular flexibility index (Phi) is 3.42. The first-order valence-electron chi connectivity index (χ1n) is 7.71. The topological polar surface area (TPSA) is 77.6 Å². The molecule has 0 saturated carbocycles. The molecular weight excluding hydrogens is 282 g/mol. The third-order valence-corrected chi connectivity index (χ3v) is 4.23. The molecule has 2 aliphatic heterocycles. The molecule has 6 nitrogen and oxygen atoms in total. The maximum atomic E-state index is 12.3. The third kappa shape index (κ3) is 2.82. The highest BCUT2D eigenvalue weighted by Crippen LogP contribution is 2.36. The Morgan fingerprint density at radius 3 is 2.68 bits per heavy atom. The number of hydrogen-bond acceptors (Lipinski definition) is 4. The van der Waals surface area contributed by atoms with Crippen LogP contribution in [0.3, 0.4) is 0 Å². The zero-order chi connectivity index (χ0) is 16.1. The SMILES string of the molecule is CC(C)(C)OC(=O)N1C[C@H]2C[C@H](C1)c1cc(N)cc(=O)n1C2. The van der Waals surface area contributed by atoms with Gasteiger partial charge in [-0.2, -0.15) is 0 Å². The minimum absolute atomic E-state index is 0.0459. The highest BCUT2D eigenvalue weighted by Gasteiger charge is 2.37. The number of ether oxygens (including phenoxy) is 1. The molecule has 0 radical (unpaired) electrons. The van der Waals surface area contributed by atoms with Crippen molar-refractivity contribution in [3.8, 4) is 0 Å². The Morgan fingerprint density at radius 2 is 2.00 bits per heavy atom. The Bertz CT molecular complexity index is 660. The van der Waals surface area contributed by atoms with E-state index in [0.717, 1.165) is 12.1 Å². The monoisotopic (exact) mass is 305 g/mol. The summed E-state index contributed by atoms with van der Waals surface area (Å²) in [6, 6.07) is 3.33. The number of aromatic nitrogens is 1. The lowest BCUT2D eigenvalue weighted by Gasteiger charge is -2.42. The fourth-order valence-electron chi connectivity index (χ4n) is 3.46. The van der Waals surface area contributed by atoms with Crippen LogP contribution in [0.2, 0.25) is 0 Å². The van der Waals surface area contributed by atoms with Gasteiger partial charge in [0.25, 0.3) is 5.56 Å². The van der Waals surface area contributed by atoms with Gasteiger partial charge in [-0.1, -0.05) is 0 Å². The van der Waals surface area contributed by atoms with Crippen molar-refractivity contribution >= 4 is 11.8 Å². The van der Waals surface area contributed by atoms with Gasteiger partial charge in [-0.15, -0.1) is 0 Å². The molecule has 1 fully saturated rings. The van der Waals surface area contributed by atoms with Gasteiger partial charge in [0, 0.05) is 43.0 Å². The average molecular weight is 305 g/mol. The second-order valence-electron chi connectivity index (χ2n) is 7.35. The van der Waals surface area contributed by atoms with Gasteiger partial charge in [0.2, 0.25) is 0 Å². The van der Waals surface area contributed by atoms with Gasteiger partial charge >= 0.3 is 6.09 Å². The van der Waals surface area contributed by atoms with Crippen LogP contribution >= 0.6 is 0 Å². The molecule has 0 unspecified atom stereocenters. The van der Waals surface area contributed by atoms with Crippen molar-refractivity contribution in [2.45, 2.75) is 45.3 Å². The molecule has 2 aliphatic rings. The molecule has 0 aliphatic carbocycles. The Morgan fingerprint density at radius 1 is 1.27 bits per heavy atom. The van der Waals surface area contributed by atoms with Crippen LogP contribution in [-0.2, 0) is 11.3 Å². The normalized spacial score (nSPS) is 23.9. The predicted octanol–water partition coefficient (Wildman–Crippen LogP) is 1.78. The summed E-state index contributed by atoms with van der Waals surface area (Å²) < 4.78 is 7.28. The van der Waals surface area contributed by atoms with E-state index >= 15 is 0 Å². The number of amides is 1. The van der Waals surface area contributed by atoms with Crippen LogP contribution in [0.15, 0.2) is 16.9 Å². The number of likely N-dealkylation sites (tertiary alicyclic amines) is 1. The maximum Gasteiger partial charge on any atom is 0.410 e. The molecule has 1 saturated heterocycles. The summed E-state index contributed by atoms with van der Waals surface area (Å²) in [5, 5.41) is 0. The second-order valence-corrected chi connectivity index (χ2v) is 7.35. The number of piperidine rings is 1. The molecule has 22 heavy (non-hydrogen) atoms. The molecule has 3 heterocycles. The van der Waals surface area contributed by atoms with Gasteiger partial charge < -0.3 is 19.9 Å². The van der Waals surface area contributed by atoms with E-state index in [0.29, 0.717) is 31.2 Å². The predicted molar refractivity (Wildman–Crippen MR) is 83.8 cm³/mol. The van der Waals surface area contributed by atoms with Crippen LogP contribution < -0.4 is 11.3 Å². The fraction of sp³-hybridized carbons (Fsp3) is 0.625. The minimum Gasteiger partial charge on any atom is -0.444 e. The van der Waals surface area contributed by atoms with E-state index in [-0.39, 0.29) is 17.6 Å². The van der Waals surface area contributed by atoms with E-state index in [2.05, 4.69) is 0 Å². The van der Waals surface area contributed by atoms with Crippen molar-refractivity contribution < 1.29 is 9.53 Å². The van der Waals surface area contributed by atoms with Gasteiger partial charge in [-0.25, -0.2) is 4.79 Å². The molecule has 1 aromatic rings. The number of anilines is 1. The van der Waals surface area contributed by atoms with Crippen LogP contribution in [-0.4, -0.2) is 34.3 Å². The molecule has 0 aromatic carbocycles. The minimum atomic E-state index is -0.497. The van der Waals surface area contributed by atoms with E-state index in [1.165, 1.54) is 6.07 Å². The number of nitrogens with two attached hydrogens (primary N) is 1. The van der Waals surface area contributed by atoms with Crippen LogP contribution in [0.4, 0.5) is 10.5 Å². The van der Waals surface area contributed by atoms with E-state index in [1.54, 1.807) is 4.90 Å². The molecule has 3 rings (SSSR count). The van der Waals surface area contributed by atoms with Crippen molar-refractivity contribution in [1.82, 2.24) is 9.47 Å². The van der Waals surface area contributed by atoms with Gasteiger partial charge in [0.05, 0.1) is 0 Å². The van der Waals surface area contributed by atoms with E-state index in [4.69, 9.17) is 10.5 Å². The van der Waals surface area contributed by atoms with Crippen LogP contribution in [0.5, 0.6) is 0 Å². The molecule has 0 spiro atoms. The Labute approximate surface area is 129 Å². The third-order valence-electron chi connectivity index (χ3n) is 4.23. The number of carbonyl (C=O) groups is 1. The fourth-order valence-corrected chi connectivity index (χ4v) is 3.46. The van der Waals surface area contributed by atoms with Crippen LogP contribution in [0, 0.1) is 5.92 Å². The number of carbonyl (C=O) groups excluding carboxylic acids is 1. The smallest absolute Gasteiger partial charge is 0.410 e. The second kappa shape index (κ2) is 5.04. The standard InChI is InChI=1S/C16H23N3O3/c1-16(2,3)22-15(21)18-7-10-4-11(9-18)13-5-12(17)6-14(20)19(13)8-10/h5-6,10-11H,4,7-9,17H2,1-3H3/t10-,11-/m1/s1. The lowest BCUT2D eigenvalue weighted by Crippen LogP contribution is -2.50. The largest absolute Gasteiger partial charge is 0.444 e. The number of nitrogens with zero attached hydrogens (tertiary/aromatic N) is 2. The molecule has 2 N–H and O–H groups in total. The van der Waals surface area contributed by atoms with Crippen molar-refractivity contribution in [2.75, 3.05) is 18.8 Å². The van der Waals surface area contributed by atoms with Crippen LogP contribution in [0.25, 0.3) is 0 Å². The molecular formula is C16H23N3O3. The number of rotatable bonds is 0. The molecule has 2 atom stereocenters. The zero-order valence-electron chi connectivity index (χ0n) is 13.3. The van der Waals surface area contributed by atoms with E-state index < -0.39 is 5.60 Å². The van der Waals surface area contributed by atoms with Crippen molar-refractivity contribution in [3.05, 3.63) is 28.2 Å². The van der Waals surface area contributed by atoms with E-state index in [9.17, 15) is 9.59 Å². The summed E-state index contributed by atoms with van der Waals surface area (Å²) >= 11 is 0. The quantitative estimate of drug-likeness (QED) is 0.792. The first-order chi connectivity index (χ1) is 10.2.